The SMILES string of the molecule is O=C([O-])C(O)C(O)C(=O)OBr.[Na+]. The van der Waals surface area contributed by atoms with E-state index in [0.717, 1.165) is 0 Å². The van der Waals surface area contributed by atoms with Crippen LogP contribution in [-0.2, 0) is 13.4 Å². The fraction of sp³-hybridized carbons (Fsp3) is 0.500. The molecule has 0 aliphatic heterocycles. The van der Waals surface area contributed by atoms with Gasteiger partial charge in [-0.1, -0.05) is 0 Å². The zero-order chi connectivity index (χ0) is 9.02. The first-order valence-corrected chi connectivity index (χ1v) is 3.05. The van der Waals surface area contributed by atoms with Crippen molar-refractivity contribution in [3.05, 3.63) is 0 Å². The maximum Gasteiger partial charge on any atom is 1.00 e. The second kappa shape index (κ2) is 6.81. The molecule has 0 bridgehead atoms. The van der Waals surface area contributed by atoms with Crippen LogP contribution in [0.15, 0.2) is 0 Å². The molecule has 8 heteroatoms. The van der Waals surface area contributed by atoms with Crippen molar-refractivity contribution in [1.82, 2.24) is 0 Å². The molecule has 0 rings (SSSR count). The molecule has 2 N–H and O–H groups in total. The molecule has 0 aliphatic carbocycles. The minimum Gasteiger partial charge on any atom is -0.547 e. The van der Waals surface area contributed by atoms with E-state index in [1.807, 2.05) is 0 Å². The van der Waals surface area contributed by atoms with Crippen molar-refractivity contribution < 1.29 is 58.3 Å². The summed E-state index contributed by atoms with van der Waals surface area (Å²) in [5.41, 5.74) is 0. The first-order chi connectivity index (χ1) is 5.00. The van der Waals surface area contributed by atoms with E-state index in [-0.39, 0.29) is 29.6 Å². The molecule has 2 unspecified atom stereocenters. The molecule has 0 fully saturated rings. The quantitative estimate of drug-likeness (QED) is 0.484. The first-order valence-electron chi connectivity index (χ1n) is 2.40. The van der Waals surface area contributed by atoms with Crippen LogP contribution in [0, 0.1) is 0 Å². The molecule has 0 amide bonds. The van der Waals surface area contributed by atoms with Gasteiger partial charge in [0, 0.05) is 0 Å². The van der Waals surface area contributed by atoms with Crippen LogP contribution in [0.3, 0.4) is 0 Å². The molecule has 0 saturated heterocycles. The summed E-state index contributed by atoms with van der Waals surface area (Å²) >= 11 is 2.20. The maximum absolute atomic E-state index is 10.3. The van der Waals surface area contributed by atoms with Crippen molar-refractivity contribution in [3.63, 3.8) is 0 Å². The summed E-state index contributed by atoms with van der Waals surface area (Å²) in [5.74, 6) is -3.25. The molecule has 2 atom stereocenters. The van der Waals surface area contributed by atoms with Gasteiger partial charge in [-0.15, -0.1) is 0 Å². The molecule has 0 radical (unpaired) electrons. The van der Waals surface area contributed by atoms with Gasteiger partial charge in [-0.05, 0) is 0 Å². The second-order valence-corrected chi connectivity index (χ2v) is 1.93. The molecular weight excluding hydrogens is 247 g/mol. The van der Waals surface area contributed by atoms with E-state index < -0.39 is 24.1 Å². The molecule has 0 heterocycles. The van der Waals surface area contributed by atoms with Crippen LogP contribution in [0.2, 0.25) is 0 Å². The van der Waals surface area contributed by atoms with Crippen molar-refractivity contribution in [2.45, 2.75) is 12.2 Å². The third-order valence-electron chi connectivity index (χ3n) is 0.858. The molecule has 0 saturated carbocycles. The smallest absolute Gasteiger partial charge is 0.547 e. The largest absolute Gasteiger partial charge is 1.00 e. The number of rotatable bonds is 3. The van der Waals surface area contributed by atoms with Crippen LogP contribution < -0.4 is 34.7 Å². The minimum atomic E-state index is -2.28. The van der Waals surface area contributed by atoms with Gasteiger partial charge in [0.05, 0.1) is 5.97 Å². The number of hydrogen-bond acceptors (Lipinski definition) is 6. The molecule has 12 heavy (non-hydrogen) atoms. The Morgan fingerprint density at radius 2 is 1.75 bits per heavy atom. The van der Waals surface area contributed by atoms with Crippen LogP contribution in [0.25, 0.3) is 0 Å². The summed E-state index contributed by atoms with van der Waals surface area (Å²) in [7, 11) is 0. The number of aliphatic carboxylic acids is 1. The van der Waals surface area contributed by atoms with Gasteiger partial charge in [-0.3, -0.25) is 0 Å². The fourth-order valence-electron chi connectivity index (χ4n) is 0.303. The van der Waals surface area contributed by atoms with E-state index in [2.05, 4.69) is 20.1 Å². The van der Waals surface area contributed by atoms with E-state index in [1.54, 1.807) is 0 Å². The molecule has 0 spiro atoms. The van der Waals surface area contributed by atoms with E-state index in [9.17, 15) is 14.7 Å². The number of carboxylic acids is 1. The summed E-state index contributed by atoms with van der Waals surface area (Å²) in [4.78, 5) is 20.1. The van der Waals surface area contributed by atoms with E-state index in [4.69, 9.17) is 10.2 Å². The standard InChI is InChI=1S/C4H5BrO6.Na/c5-11-4(10)2(7)1(6)3(8)9;/h1-2,6-7H,(H,8,9);/q;+1/p-1. The Balaban J connectivity index is 0. The summed E-state index contributed by atoms with van der Waals surface area (Å²) in [6.45, 7) is 0. The van der Waals surface area contributed by atoms with Gasteiger partial charge >= 0.3 is 35.5 Å². The van der Waals surface area contributed by atoms with Crippen molar-refractivity contribution in [3.8, 4) is 0 Å². The normalized spacial score (nSPS) is 13.9. The van der Waals surface area contributed by atoms with Gasteiger partial charge in [0.25, 0.3) is 0 Å². The van der Waals surface area contributed by atoms with Crippen LogP contribution in [0.5, 0.6) is 0 Å². The Labute approximate surface area is 98.3 Å². The van der Waals surface area contributed by atoms with Crippen molar-refractivity contribution in [1.29, 1.82) is 0 Å². The number of carbonyl (C=O) groups excluding carboxylic acids is 2. The summed E-state index contributed by atoms with van der Waals surface area (Å²) in [5, 5.41) is 26.9. The topological polar surface area (TPSA) is 107 Å². The van der Waals surface area contributed by atoms with Crippen molar-refractivity contribution in [2.24, 2.45) is 0 Å². The molecular formula is C4H4BrNaO6. The average Bonchev–Trinajstić information content (AvgIpc) is 2.00. The van der Waals surface area contributed by atoms with Gasteiger partial charge in [0.15, 0.2) is 22.4 Å². The predicted molar refractivity (Wildman–Crippen MR) is 32.0 cm³/mol. The van der Waals surface area contributed by atoms with Gasteiger partial charge in [0.1, 0.15) is 6.10 Å². The molecule has 0 aromatic heterocycles. The van der Waals surface area contributed by atoms with Crippen LogP contribution in [0.1, 0.15) is 0 Å². The summed E-state index contributed by atoms with van der Waals surface area (Å²) < 4.78 is 3.76. The van der Waals surface area contributed by atoms with Crippen molar-refractivity contribution >= 4 is 28.2 Å². The van der Waals surface area contributed by atoms with Gasteiger partial charge in [-0.25, -0.2) is 4.79 Å². The molecule has 64 valence electrons. The Hall–Kier alpha value is 0.340. The summed E-state index contributed by atoms with van der Waals surface area (Å²) in [6, 6.07) is 0. The fourth-order valence-corrected chi connectivity index (χ4v) is 0.495. The number of aliphatic hydroxyl groups excluding tert-OH is 2. The van der Waals surface area contributed by atoms with E-state index in [0.29, 0.717) is 0 Å². The first kappa shape index (κ1) is 14.8. The van der Waals surface area contributed by atoms with Crippen LogP contribution >= 0.6 is 16.3 Å². The third kappa shape index (κ3) is 4.39. The average molecular weight is 251 g/mol. The zero-order valence-corrected chi connectivity index (χ0v) is 9.65. The zero-order valence-electron chi connectivity index (χ0n) is 6.06. The van der Waals surface area contributed by atoms with E-state index >= 15 is 0 Å². The van der Waals surface area contributed by atoms with Crippen LogP contribution in [0.4, 0.5) is 0 Å². The molecule has 0 aromatic carbocycles. The van der Waals surface area contributed by atoms with Gasteiger partial charge in [-0.2, -0.15) is 0 Å². The minimum absolute atomic E-state index is 0. The Morgan fingerprint density at radius 3 is 2.00 bits per heavy atom. The number of halogens is 1. The Bertz CT molecular complexity index is 173. The number of carboxylic acid groups (broad SMARTS) is 1. The predicted octanol–water partition coefficient (Wildman–Crippen LogP) is -5.68. The number of aliphatic hydroxyl groups is 2. The van der Waals surface area contributed by atoms with Crippen LogP contribution in [-0.4, -0.2) is 34.4 Å². The number of carbonyl (C=O) groups is 2. The van der Waals surface area contributed by atoms with Gasteiger partial charge in [0.2, 0.25) is 0 Å². The Kier molecular flexibility index (Phi) is 8.43. The van der Waals surface area contributed by atoms with Gasteiger partial charge < -0.3 is 23.9 Å². The second-order valence-electron chi connectivity index (χ2n) is 1.60. The van der Waals surface area contributed by atoms with E-state index in [1.165, 1.54) is 0 Å². The molecule has 0 aromatic rings. The molecule has 6 nitrogen and oxygen atoms in total. The third-order valence-corrected chi connectivity index (χ3v) is 1.18. The Morgan fingerprint density at radius 1 is 1.33 bits per heavy atom. The monoisotopic (exact) mass is 250 g/mol. The summed E-state index contributed by atoms with van der Waals surface area (Å²) in [6.07, 6.45) is -4.42. The van der Waals surface area contributed by atoms with Crippen molar-refractivity contribution in [2.75, 3.05) is 0 Å². The maximum atomic E-state index is 10.3. The number of hydrogen-bond donors (Lipinski definition) is 2. The molecule has 0 aliphatic rings.